The molecule has 2 aromatic carbocycles. The molecule has 5 rings (SSSR count). The standard InChI is InChI=1S/C26H27ClN6O3/c27-21-5-1-19(2-6-21)23-9-10-28-25(30-23)29-22-7-3-20(4-8-22)24(34)31-11-13-32(14-12-31)26(35)33-15-17-36-18-16-33/h1-10H,11-18H2,(H,28,29,30). The van der Waals surface area contributed by atoms with Gasteiger partial charge in [0.15, 0.2) is 0 Å². The maximum atomic E-state index is 13.0. The first kappa shape index (κ1) is 24.0. The number of urea groups is 1. The van der Waals surface area contributed by atoms with Crippen LogP contribution in [0.5, 0.6) is 0 Å². The summed E-state index contributed by atoms with van der Waals surface area (Å²) in [5.74, 6) is 0.420. The lowest BCUT2D eigenvalue weighted by atomic mass is 10.1. The number of nitrogens with one attached hydrogen (secondary N) is 1. The van der Waals surface area contributed by atoms with Crippen LogP contribution < -0.4 is 5.32 Å². The first-order chi connectivity index (χ1) is 17.6. The summed E-state index contributed by atoms with van der Waals surface area (Å²) in [7, 11) is 0. The SMILES string of the molecule is O=C(c1ccc(Nc2nccc(-c3ccc(Cl)cc3)n2)cc1)N1CCN(C(=O)N2CCOCC2)CC1. The van der Waals surface area contributed by atoms with Crippen molar-refractivity contribution in [2.45, 2.75) is 0 Å². The molecule has 9 nitrogen and oxygen atoms in total. The summed E-state index contributed by atoms with van der Waals surface area (Å²) in [4.78, 5) is 40.0. The Balaban J connectivity index is 1.17. The van der Waals surface area contributed by atoms with Gasteiger partial charge in [0.2, 0.25) is 5.95 Å². The van der Waals surface area contributed by atoms with Crippen molar-refractivity contribution in [1.29, 1.82) is 0 Å². The second kappa shape index (κ2) is 10.9. The number of nitrogens with zero attached hydrogens (tertiary/aromatic N) is 5. The molecule has 0 saturated carbocycles. The Labute approximate surface area is 214 Å². The van der Waals surface area contributed by atoms with E-state index in [0.717, 1.165) is 16.9 Å². The molecule has 2 aliphatic rings. The number of carbonyl (C=O) groups is 2. The molecule has 0 atom stereocenters. The van der Waals surface area contributed by atoms with Crippen molar-refractivity contribution in [3.63, 3.8) is 0 Å². The molecule has 1 N–H and O–H groups in total. The molecular weight excluding hydrogens is 480 g/mol. The van der Waals surface area contributed by atoms with Crippen LogP contribution in [0.15, 0.2) is 60.8 Å². The summed E-state index contributed by atoms with van der Waals surface area (Å²) in [6, 6.07) is 16.6. The van der Waals surface area contributed by atoms with Crippen molar-refractivity contribution in [2.75, 3.05) is 57.8 Å². The minimum Gasteiger partial charge on any atom is -0.378 e. The van der Waals surface area contributed by atoms with E-state index in [2.05, 4.69) is 15.3 Å². The fourth-order valence-electron chi connectivity index (χ4n) is 4.26. The smallest absolute Gasteiger partial charge is 0.320 e. The lowest BCUT2D eigenvalue weighted by Crippen LogP contribution is -2.55. The molecule has 186 valence electrons. The third-order valence-electron chi connectivity index (χ3n) is 6.30. The number of anilines is 2. The van der Waals surface area contributed by atoms with Gasteiger partial charge < -0.3 is 24.8 Å². The van der Waals surface area contributed by atoms with Crippen LogP contribution >= 0.6 is 11.6 Å². The predicted octanol–water partition coefficient (Wildman–Crippen LogP) is 3.75. The molecule has 0 aliphatic carbocycles. The summed E-state index contributed by atoms with van der Waals surface area (Å²) in [5, 5.41) is 3.86. The Morgan fingerprint density at radius 1 is 0.806 bits per heavy atom. The molecule has 0 unspecified atom stereocenters. The third kappa shape index (κ3) is 5.58. The number of carbonyl (C=O) groups excluding carboxylic acids is 2. The van der Waals surface area contributed by atoms with Crippen molar-refractivity contribution < 1.29 is 14.3 Å². The summed E-state index contributed by atoms with van der Waals surface area (Å²) in [5.41, 5.74) is 3.10. The van der Waals surface area contributed by atoms with Crippen LogP contribution in [-0.2, 0) is 4.74 Å². The van der Waals surface area contributed by atoms with Gasteiger partial charge >= 0.3 is 6.03 Å². The average Bonchev–Trinajstić information content (AvgIpc) is 2.94. The molecule has 0 spiro atoms. The van der Waals surface area contributed by atoms with Crippen molar-refractivity contribution in [1.82, 2.24) is 24.7 Å². The number of halogens is 1. The summed E-state index contributed by atoms with van der Waals surface area (Å²) in [6.45, 7) is 4.49. The molecule has 10 heteroatoms. The Morgan fingerprint density at radius 2 is 1.44 bits per heavy atom. The van der Waals surface area contributed by atoms with Gasteiger partial charge in [-0.1, -0.05) is 23.7 Å². The highest BCUT2D eigenvalue weighted by molar-refractivity contribution is 6.30. The molecule has 1 aromatic heterocycles. The zero-order valence-electron chi connectivity index (χ0n) is 19.8. The highest BCUT2D eigenvalue weighted by atomic mass is 35.5. The highest BCUT2D eigenvalue weighted by Gasteiger charge is 2.28. The molecule has 0 radical (unpaired) electrons. The Morgan fingerprint density at radius 3 is 2.14 bits per heavy atom. The van der Waals surface area contributed by atoms with Gasteiger partial charge in [0.1, 0.15) is 0 Å². The third-order valence-corrected chi connectivity index (χ3v) is 6.55. The molecule has 3 amide bonds. The van der Waals surface area contributed by atoms with Gasteiger partial charge in [-0.25, -0.2) is 14.8 Å². The normalized spacial score (nSPS) is 16.1. The zero-order chi connectivity index (χ0) is 24.9. The maximum absolute atomic E-state index is 13.0. The Bertz CT molecular complexity index is 1210. The zero-order valence-corrected chi connectivity index (χ0v) is 20.5. The molecule has 2 saturated heterocycles. The molecule has 36 heavy (non-hydrogen) atoms. The number of ether oxygens (including phenoxy) is 1. The monoisotopic (exact) mass is 506 g/mol. The van der Waals surface area contributed by atoms with Gasteiger partial charge in [-0.15, -0.1) is 0 Å². The lowest BCUT2D eigenvalue weighted by molar-refractivity contribution is 0.0362. The Kier molecular flexibility index (Phi) is 7.29. The quantitative estimate of drug-likeness (QED) is 0.579. The van der Waals surface area contributed by atoms with Gasteiger partial charge in [-0.3, -0.25) is 4.79 Å². The number of morpholine rings is 1. The second-order valence-corrected chi connectivity index (χ2v) is 9.07. The van der Waals surface area contributed by atoms with Crippen molar-refractivity contribution in [3.05, 3.63) is 71.4 Å². The summed E-state index contributed by atoms with van der Waals surface area (Å²) >= 11 is 5.98. The molecule has 2 aliphatic heterocycles. The fourth-order valence-corrected chi connectivity index (χ4v) is 4.39. The minimum atomic E-state index is -0.0407. The first-order valence-electron chi connectivity index (χ1n) is 11.9. The summed E-state index contributed by atoms with van der Waals surface area (Å²) in [6.07, 6.45) is 1.70. The van der Waals surface area contributed by atoms with E-state index in [-0.39, 0.29) is 11.9 Å². The first-order valence-corrected chi connectivity index (χ1v) is 12.3. The number of amides is 3. The van der Waals surface area contributed by atoms with Crippen molar-refractivity contribution in [3.8, 4) is 11.3 Å². The topological polar surface area (TPSA) is 90.9 Å². The largest absolute Gasteiger partial charge is 0.378 e. The molecule has 3 heterocycles. The lowest BCUT2D eigenvalue weighted by Gasteiger charge is -2.38. The number of benzene rings is 2. The molecule has 3 aromatic rings. The van der Waals surface area contributed by atoms with Gasteiger partial charge in [-0.05, 0) is 42.5 Å². The van der Waals surface area contributed by atoms with E-state index in [1.54, 1.807) is 23.2 Å². The van der Waals surface area contributed by atoms with Crippen LogP contribution in [0.1, 0.15) is 10.4 Å². The van der Waals surface area contributed by atoms with Gasteiger partial charge in [0.05, 0.1) is 18.9 Å². The van der Waals surface area contributed by atoms with Gasteiger partial charge in [0, 0.05) is 67.3 Å². The van der Waals surface area contributed by atoms with E-state index >= 15 is 0 Å². The van der Waals surface area contributed by atoms with Crippen molar-refractivity contribution >= 4 is 35.2 Å². The molecular formula is C26H27ClN6O3. The predicted molar refractivity (Wildman–Crippen MR) is 137 cm³/mol. The van der Waals surface area contributed by atoms with Crippen LogP contribution in [-0.4, -0.2) is 89.1 Å². The second-order valence-electron chi connectivity index (χ2n) is 8.64. The van der Waals surface area contributed by atoms with Gasteiger partial charge in [0.25, 0.3) is 5.91 Å². The van der Waals surface area contributed by atoms with Crippen LogP contribution in [0.3, 0.4) is 0 Å². The fraction of sp³-hybridized carbons (Fsp3) is 0.308. The number of hydrogen-bond donors (Lipinski definition) is 1. The average molecular weight is 507 g/mol. The van der Waals surface area contributed by atoms with Crippen LogP contribution in [0.2, 0.25) is 5.02 Å². The summed E-state index contributed by atoms with van der Waals surface area (Å²) < 4.78 is 5.32. The number of rotatable bonds is 4. The van der Waals surface area contributed by atoms with E-state index in [9.17, 15) is 9.59 Å². The van der Waals surface area contributed by atoms with Crippen LogP contribution in [0.25, 0.3) is 11.3 Å². The van der Waals surface area contributed by atoms with Crippen LogP contribution in [0.4, 0.5) is 16.4 Å². The van der Waals surface area contributed by atoms with E-state index in [4.69, 9.17) is 16.3 Å². The van der Waals surface area contributed by atoms with E-state index in [1.165, 1.54) is 0 Å². The number of piperazine rings is 1. The maximum Gasteiger partial charge on any atom is 0.320 e. The molecule has 2 fully saturated rings. The minimum absolute atomic E-state index is 0.0307. The number of hydrogen-bond acceptors (Lipinski definition) is 6. The van der Waals surface area contributed by atoms with E-state index in [1.807, 2.05) is 52.3 Å². The number of aromatic nitrogens is 2. The van der Waals surface area contributed by atoms with E-state index < -0.39 is 0 Å². The Hall–Kier alpha value is -3.69. The van der Waals surface area contributed by atoms with Crippen LogP contribution in [0, 0.1) is 0 Å². The molecule has 0 bridgehead atoms. The van der Waals surface area contributed by atoms with Crippen molar-refractivity contribution in [2.24, 2.45) is 0 Å². The van der Waals surface area contributed by atoms with E-state index in [0.29, 0.717) is 69.0 Å². The highest BCUT2D eigenvalue weighted by Crippen LogP contribution is 2.22. The van der Waals surface area contributed by atoms with Gasteiger partial charge in [-0.2, -0.15) is 0 Å².